The van der Waals surface area contributed by atoms with Crippen LogP contribution >= 0.6 is 39.0 Å². The highest BCUT2D eigenvalue weighted by Gasteiger charge is 2.32. The van der Waals surface area contributed by atoms with Gasteiger partial charge in [-0.25, -0.2) is 0 Å². The van der Waals surface area contributed by atoms with E-state index >= 15 is 0 Å². The molecule has 1 atom stereocenters. The molecule has 3 aromatic rings. The molecule has 0 aliphatic heterocycles. The Bertz CT molecular complexity index is 1290. The maximum Gasteiger partial charge on any atom is 0.235 e. The van der Waals surface area contributed by atoms with Gasteiger partial charge in [0.2, 0.25) is 5.91 Å². The Hall–Kier alpha value is -2.35. The lowest BCUT2D eigenvalue weighted by Gasteiger charge is -2.33. The number of anilines is 1. The zero-order valence-corrected chi connectivity index (χ0v) is 22.7. The fraction of sp³-hybridized carbons (Fsp3) is 0.417. The fourth-order valence-corrected chi connectivity index (χ4v) is 6.55. The number of phenols is 1. The van der Waals surface area contributed by atoms with Crippen molar-refractivity contribution < 1.29 is 9.90 Å². The van der Waals surface area contributed by atoms with Crippen molar-refractivity contribution in [3.05, 3.63) is 38.7 Å². The number of nitrogens with one attached hydrogen (secondary N) is 1. The number of fused-ring (bicyclic) bond motifs is 1. The maximum atomic E-state index is 12.7. The summed E-state index contributed by atoms with van der Waals surface area (Å²) in [6, 6.07) is 7.42. The molecule has 0 bridgehead atoms. The summed E-state index contributed by atoms with van der Waals surface area (Å²) in [6.45, 7) is 6.78. The predicted molar refractivity (Wildman–Crippen MR) is 139 cm³/mol. The second-order valence-corrected chi connectivity index (χ2v) is 12.5. The molecule has 10 heteroatoms. The van der Waals surface area contributed by atoms with Crippen LogP contribution < -0.4 is 5.32 Å². The number of nitrogens with zero attached hydrogens (tertiary/aromatic N) is 4. The van der Waals surface area contributed by atoms with Crippen LogP contribution in [0.4, 0.5) is 5.00 Å². The van der Waals surface area contributed by atoms with E-state index < -0.39 is 0 Å². The van der Waals surface area contributed by atoms with Gasteiger partial charge >= 0.3 is 0 Å². The number of rotatable bonds is 5. The third kappa shape index (κ3) is 5.02. The third-order valence-corrected chi connectivity index (χ3v) is 8.90. The summed E-state index contributed by atoms with van der Waals surface area (Å²) < 4.78 is 2.56. The Labute approximate surface area is 215 Å². The van der Waals surface area contributed by atoms with Gasteiger partial charge in [0.05, 0.1) is 16.9 Å². The van der Waals surface area contributed by atoms with Crippen LogP contribution in [0, 0.1) is 22.7 Å². The minimum Gasteiger partial charge on any atom is -0.507 e. The Morgan fingerprint density at radius 2 is 2.18 bits per heavy atom. The smallest absolute Gasteiger partial charge is 0.235 e. The zero-order chi connectivity index (χ0) is 24.6. The Balaban J connectivity index is 1.45. The highest BCUT2D eigenvalue weighted by atomic mass is 79.9. The van der Waals surface area contributed by atoms with Crippen LogP contribution in [0.15, 0.2) is 27.8 Å². The highest BCUT2D eigenvalue weighted by Crippen LogP contribution is 2.44. The summed E-state index contributed by atoms with van der Waals surface area (Å²) in [5.41, 5.74) is 2.48. The van der Waals surface area contributed by atoms with Crippen LogP contribution in [-0.4, -0.2) is 31.5 Å². The van der Waals surface area contributed by atoms with E-state index in [1.54, 1.807) is 29.8 Å². The van der Waals surface area contributed by atoms with E-state index in [9.17, 15) is 15.2 Å². The Kier molecular flexibility index (Phi) is 7.08. The number of phenolic OH excluding ortho intramolecular Hbond substituents is 1. The van der Waals surface area contributed by atoms with Gasteiger partial charge in [0.1, 0.15) is 16.8 Å². The first-order chi connectivity index (χ1) is 16.1. The van der Waals surface area contributed by atoms with Crippen molar-refractivity contribution in [2.24, 2.45) is 18.4 Å². The lowest BCUT2D eigenvalue weighted by atomic mass is 9.72. The fourth-order valence-electron chi connectivity index (χ4n) is 4.19. The van der Waals surface area contributed by atoms with Crippen molar-refractivity contribution in [2.45, 2.75) is 45.2 Å². The number of thiophene rings is 1. The SMILES string of the molecule is Cn1c(SCC(=O)Nc2sc3c(c2C#N)CC[C@H](C(C)(C)C)C3)nnc1-c1cc(Br)ccc1O. The lowest BCUT2D eigenvalue weighted by molar-refractivity contribution is -0.113. The summed E-state index contributed by atoms with van der Waals surface area (Å²) in [7, 11) is 1.79. The number of nitriles is 1. The average molecular weight is 561 g/mol. The van der Waals surface area contributed by atoms with Crippen molar-refractivity contribution in [1.29, 1.82) is 5.26 Å². The number of aromatic hydroxyl groups is 1. The van der Waals surface area contributed by atoms with Crippen molar-refractivity contribution in [1.82, 2.24) is 14.8 Å². The van der Waals surface area contributed by atoms with Crippen LogP contribution in [0.5, 0.6) is 5.75 Å². The third-order valence-electron chi connectivity index (χ3n) is 6.22. The van der Waals surface area contributed by atoms with Gasteiger partial charge < -0.3 is 15.0 Å². The van der Waals surface area contributed by atoms with Gasteiger partial charge in [-0.2, -0.15) is 5.26 Å². The number of carbonyl (C=O) groups excluding carboxylic acids is 1. The highest BCUT2D eigenvalue weighted by molar-refractivity contribution is 9.10. The molecule has 0 radical (unpaired) electrons. The number of thioether (sulfide) groups is 1. The van der Waals surface area contributed by atoms with Crippen LogP contribution in [0.2, 0.25) is 0 Å². The standard InChI is InChI=1S/C24H26BrN5O2S2/c1-24(2,3)13-5-7-15-17(11-26)22(34-19(15)9-13)27-20(32)12-33-23-29-28-21(30(23)4)16-10-14(25)6-8-18(16)31/h6,8,10,13,31H,5,7,9,12H2,1-4H3,(H,27,32)/t13-/m0/s1. The first-order valence-corrected chi connectivity index (χ1v) is 13.5. The van der Waals surface area contributed by atoms with Crippen LogP contribution in [0.25, 0.3) is 11.4 Å². The molecule has 34 heavy (non-hydrogen) atoms. The van der Waals surface area contributed by atoms with Gasteiger partial charge in [0.25, 0.3) is 0 Å². The molecule has 0 unspecified atom stereocenters. The van der Waals surface area contributed by atoms with Crippen LogP contribution in [0.3, 0.4) is 0 Å². The van der Waals surface area contributed by atoms with E-state index in [0.717, 1.165) is 29.3 Å². The number of aromatic nitrogens is 3. The molecule has 0 saturated heterocycles. The molecular formula is C24H26BrN5O2S2. The Morgan fingerprint density at radius 1 is 1.41 bits per heavy atom. The maximum absolute atomic E-state index is 12.7. The summed E-state index contributed by atoms with van der Waals surface area (Å²) in [6.07, 6.45) is 2.89. The predicted octanol–water partition coefficient (Wildman–Crippen LogP) is 5.77. The zero-order valence-electron chi connectivity index (χ0n) is 19.5. The van der Waals surface area contributed by atoms with Crippen molar-refractivity contribution in [3.8, 4) is 23.2 Å². The van der Waals surface area contributed by atoms with Gasteiger partial charge in [-0.3, -0.25) is 4.79 Å². The molecule has 0 fully saturated rings. The average Bonchev–Trinajstić information content (AvgIpc) is 3.32. The normalized spacial score (nSPS) is 15.6. The van der Waals surface area contributed by atoms with Gasteiger partial charge in [0, 0.05) is 16.4 Å². The molecular weight excluding hydrogens is 534 g/mol. The molecule has 4 rings (SSSR count). The minimum atomic E-state index is -0.192. The van der Waals surface area contributed by atoms with Crippen molar-refractivity contribution >= 4 is 49.9 Å². The van der Waals surface area contributed by atoms with E-state index in [2.05, 4.69) is 58.3 Å². The molecule has 1 aliphatic carbocycles. The first kappa shape index (κ1) is 24.8. The number of hydrogen-bond acceptors (Lipinski definition) is 7. The van der Waals surface area contributed by atoms with Gasteiger partial charge in [-0.15, -0.1) is 21.5 Å². The van der Waals surface area contributed by atoms with Gasteiger partial charge in [0.15, 0.2) is 11.0 Å². The second kappa shape index (κ2) is 9.72. The molecule has 2 heterocycles. The lowest BCUT2D eigenvalue weighted by Crippen LogP contribution is -2.26. The molecule has 1 aromatic carbocycles. The number of hydrogen-bond donors (Lipinski definition) is 2. The second-order valence-electron chi connectivity index (χ2n) is 9.49. The molecule has 0 saturated carbocycles. The molecule has 178 valence electrons. The first-order valence-electron chi connectivity index (χ1n) is 10.9. The van der Waals surface area contributed by atoms with Crippen LogP contribution in [0.1, 0.15) is 43.2 Å². The number of halogens is 1. The largest absolute Gasteiger partial charge is 0.507 e. The summed E-state index contributed by atoms with van der Waals surface area (Å²) in [5, 5.41) is 32.5. The summed E-state index contributed by atoms with van der Waals surface area (Å²) >= 11 is 6.20. The quantitative estimate of drug-likeness (QED) is 0.385. The van der Waals surface area contributed by atoms with E-state index in [0.29, 0.717) is 33.0 Å². The van der Waals surface area contributed by atoms with Gasteiger partial charge in [-0.05, 0) is 54.4 Å². The summed E-state index contributed by atoms with van der Waals surface area (Å²) in [5.74, 6) is 1.12. The number of amides is 1. The van der Waals surface area contributed by atoms with E-state index in [1.807, 2.05) is 0 Å². The van der Waals surface area contributed by atoms with Gasteiger partial charge in [-0.1, -0.05) is 48.5 Å². The molecule has 1 aliphatic rings. The number of carbonyl (C=O) groups is 1. The molecule has 0 spiro atoms. The monoisotopic (exact) mass is 559 g/mol. The molecule has 2 N–H and O–H groups in total. The minimum absolute atomic E-state index is 0.104. The van der Waals surface area contributed by atoms with Crippen molar-refractivity contribution in [2.75, 3.05) is 11.1 Å². The van der Waals surface area contributed by atoms with E-state index in [1.165, 1.54) is 28.0 Å². The van der Waals surface area contributed by atoms with Crippen molar-refractivity contribution in [3.63, 3.8) is 0 Å². The van der Waals surface area contributed by atoms with Crippen LogP contribution in [-0.2, 0) is 24.7 Å². The Morgan fingerprint density at radius 3 is 2.88 bits per heavy atom. The summed E-state index contributed by atoms with van der Waals surface area (Å²) in [4.78, 5) is 14.0. The van der Waals surface area contributed by atoms with E-state index in [-0.39, 0.29) is 22.8 Å². The molecule has 7 nitrogen and oxygen atoms in total. The molecule has 1 amide bonds. The topological polar surface area (TPSA) is 104 Å². The molecule has 2 aromatic heterocycles. The number of benzene rings is 1. The van der Waals surface area contributed by atoms with E-state index in [4.69, 9.17) is 0 Å².